The number of nitrogens with one attached hydrogen (secondary N) is 2. The minimum Gasteiger partial charge on any atom is -0.384 e. The van der Waals surface area contributed by atoms with Crippen LogP contribution in [-0.2, 0) is 0 Å². The third-order valence-corrected chi connectivity index (χ3v) is 4.00. The largest absolute Gasteiger partial charge is 0.384 e. The first kappa shape index (κ1) is 12.0. The Hall–Kier alpha value is -2.02. The number of aromatic amines is 1. The summed E-state index contributed by atoms with van der Waals surface area (Å²) < 4.78 is 0. The maximum absolute atomic E-state index is 9.14. The Labute approximate surface area is 112 Å². The van der Waals surface area contributed by atoms with Crippen LogP contribution in [0.2, 0.25) is 0 Å². The van der Waals surface area contributed by atoms with E-state index in [0.29, 0.717) is 5.56 Å². The van der Waals surface area contributed by atoms with Crippen molar-refractivity contribution in [2.45, 2.75) is 32.1 Å². The van der Waals surface area contributed by atoms with Gasteiger partial charge in [-0.15, -0.1) is 0 Å². The van der Waals surface area contributed by atoms with Gasteiger partial charge < -0.3 is 10.3 Å². The Morgan fingerprint density at radius 2 is 2.21 bits per heavy atom. The van der Waals surface area contributed by atoms with E-state index in [1.165, 1.54) is 32.1 Å². The fraction of sp³-hybridized carbons (Fsp3) is 0.467. The van der Waals surface area contributed by atoms with E-state index in [1.54, 1.807) is 12.4 Å². The normalized spacial score (nSPS) is 16.4. The van der Waals surface area contributed by atoms with E-state index in [9.17, 15) is 0 Å². The number of pyridine rings is 1. The monoisotopic (exact) mass is 254 g/mol. The van der Waals surface area contributed by atoms with E-state index in [4.69, 9.17) is 5.26 Å². The Bertz CT molecular complexity index is 602. The third-order valence-electron chi connectivity index (χ3n) is 4.00. The van der Waals surface area contributed by atoms with Crippen LogP contribution < -0.4 is 5.32 Å². The molecule has 2 aromatic heterocycles. The van der Waals surface area contributed by atoms with Gasteiger partial charge in [0.15, 0.2) is 0 Å². The molecule has 0 radical (unpaired) electrons. The summed E-state index contributed by atoms with van der Waals surface area (Å²) in [4.78, 5) is 7.30. The molecular weight excluding hydrogens is 236 g/mol. The second-order valence-corrected chi connectivity index (χ2v) is 5.28. The lowest BCUT2D eigenvalue weighted by Crippen LogP contribution is -2.17. The third kappa shape index (κ3) is 2.41. The van der Waals surface area contributed by atoms with E-state index < -0.39 is 0 Å². The predicted octanol–water partition coefficient (Wildman–Crippen LogP) is 3.43. The maximum atomic E-state index is 9.14. The van der Waals surface area contributed by atoms with Gasteiger partial charge in [-0.2, -0.15) is 5.26 Å². The lowest BCUT2D eigenvalue weighted by Gasteiger charge is -2.22. The summed E-state index contributed by atoms with van der Waals surface area (Å²) in [5, 5.41) is 13.6. The highest BCUT2D eigenvalue weighted by Crippen LogP contribution is 2.27. The van der Waals surface area contributed by atoms with Crippen LogP contribution in [0.4, 0.5) is 5.69 Å². The summed E-state index contributed by atoms with van der Waals surface area (Å²) in [5.74, 6) is 0.765. The molecule has 98 valence electrons. The van der Waals surface area contributed by atoms with E-state index in [0.717, 1.165) is 29.2 Å². The van der Waals surface area contributed by atoms with Crippen LogP contribution in [0.15, 0.2) is 18.5 Å². The minimum absolute atomic E-state index is 0.661. The second kappa shape index (κ2) is 5.31. The standard InChI is InChI=1S/C15H18N4/c16-8-12-10-19-15-14(12)13(6-7-17-15)18-9-11-4-2-1-3-5-11/h6-7,10-11H,1-5,9H2,(H2,17,18,19). The molecule has 1 aliphatic carbocycles. The summed E-state index contributed by atoms with van der Waals surface area (Å²) in [5.41, 5.74) is 2.47. The average molecular weight is 254 g/mol. The van der Waals surface area contributed by atoms with Crippen LogP contribution in [0, 0.1) is 17.2 Å². The highest BCUT2D eigenvalue weighted by molar-refractivity contribution is 5.94. The van der Waals surface area contributed by atoms with Gasteiger partial charge in [0.2, 0.25) is 0 Å². The lowest BCUT2D eigenvalue weighted by molar-refractivity contribution is 0.373. The quantitative estimate of drug-likeness (QED) is 0.882. The molecule has 0 aliphatic heterocycles. The SMILES string of the molecule is N#Cc1c[nH]c2nccc(NCC3CCCCC3)c12. The number of anilines is 1. The number of nitriles is 1. The number of fused-ring (bicyclic) bond motifs is 1. The zero-order valence-electron chi connectivity index (χ0n) is 10.9. The number of hydrogen-bond acceptors (Lipinski definition) is 3. The van der Waals surface area contributed by atoms with Crippen molar-refractivity contribution in [2.75, 3.05) is 11.9 Å². The Balaban J connectivity index is 1.80. The Morgan fingerprint density at radius 3 is 3.00 bits per heavy atom. The molecule has 0 unspecified atom stereocenters. The van der Waals surface area contributed by atoms with Gasteiger partial charge in [-0.25, -0.2) is 4.98 Å². The Morgan fingerprint density at radius 1 is 1.37 bits per heavy atom. The molecular formula is C15H18N4. The van der Waals surface area contributed by atoms with Gasteiger partial charge in [0, 0.05) is 24.6 Å². The molecule has 0 bridgehead atoms. The fourth-order valence-electron chi connectivity index (χ4n) is 2.94. The molecule has 1 saturated carbocycles. The molecule has 0 atom stereocenters. The van der Waals surface area contributed by atoms with Crippen LogP contribution in [0.3, 0.4) is 0 Å². The molecule has 19 heavy (non-hydrogen) atoms. The van der Waals surface area contributed by atoms with Gasteiger partial charge in [0.1, 0.15) is 11.7 Å². The van der Waals surface area contributed by atoms with Gasteiger partial charge in [0.25, 0.3) is 0 Å². The van der Waals surface area contributed by atoms with Crippen molar-refractivity contribution in [2.24, 2.45) is 5.92 Å². The molecule has 0 amide bonds. The highest BCUT2D eigenvalue weighted by atomic mass is 14.9. The van der Waals surface area contributed by atoms with Crippen LogP contribution >= 0.6 is 0 Å². The molecule has 0 spiro atoms. The van der Waals surface area contributed by atoms with Crippen molar-refractivity contribution < 1.29 is 0 Å². The minimum atomic E-state index is 0.661. The summed E-state index contributed by atoms with van der Waals surface area (Å²) in [6.07, 6.45) is 10.2. The number of H-pyrrole nitrogens is 1. The van der Waals surface area contributed by atoms with Gasteiger partial charge >= 0.3 is 0 Å². The lowest BCUT2D eigenvalue weighted by atomic mass is 9.89. The van der Waals surface area contributed by atoms with Crippen molar-refractivity contribution in [3.63, 3.8) is 0 Å². The first-order valence-electron chi connectivity index (χ1n) is 6.98. The number of aromatic nitrogens is 2. The fourth-order valence-corrected chi connectivity index (χ4v) is 2.94. The van der Waals surface area contributed by atoms with Crippen molar-refractivity contribution in [3.05, 3.63) is 24.0 Å². The smallest absolute Gasteiger partial charge is 0.140 e. The van der Waals surface area contributed by atoms with Crippen LogP contribution in [0.5, 0.6) is 0 Å². The predicted molar refractivity (Wildman–Crippen MR) is 75.9 cm³/mol. The molecule has 4 nitrogen and oxygen atoms in total. The number of nitrogens with zero attached hydrogens (tertiary/aromatic N) is 2. The summed E-state index contributed by atoms with van der Waals surface area (Å²) in [7, 11) is 0. The second-order valence-electron chi connectivity index (χ2n) is 5.28. The molecule has 2 N–H and O–H groups in total. The van der Waals surface area contributed by atoms with Gasteiger partial charge in [0.05, 0.1) is 10.9 Å². The number of hydrogen-bond donors (Lipinski definition) is 2. The topological polar surface area (TPSA) is 64.5 Å². The van der Waals surface area contributed by atoms with Crippen molar-refractivity contribution in [1.29, 1.82) is 5.26 Å². The van der Waals surface area contributed by atoms with Crippen molar-refractivity contribution >= 4 is 16.7 Å². The van der Waals surface area contributed by atoms with E-state index in [-0.39, 0.29) is 0 Å². The molecule has 4 heteroatoms. The van der Waals surface area contributed by atoms with Gasteiger partial charge in [-0.05, 0) is 24.8 Å². The summed E-state index contributed by atoms with van der Waals surface area (Å²) >= 11 is 0. The van der Waals surface area contributed by atoms with Crippen molar-refractivity contribution in [3.8, 4) is 6.07 Å². The molecule has 1 fully saturated rings. The Kier molecular flexibility index (Phi) is 3.37. The van der Waals surface area contributed by atoms with Crippen LogP contribution in [0.1, 0.15) is 37.7 Å². The molecule has 2 aromatic rings. The molecule has 1 aliphatic rings. The molecule has 3 rings (SSSR count). The summed E-state index contributed by atoms with van der Waals surface area (Å²) in [6, 6.07) is 4.18. The molecule has 0 saturated heterocycles. The first-order chi connectivity index (χ1) is 9.38. The van der Waals surface area contributed by atoms with E-state index in [2.05, 4.69) is 21.4 Å². The zero-order chi connectivity index (χ0) is 13.1. The molecule has 2 heterocycles. The van der Waals surface area contributed by atoms with Gasteiger partial charge in [-0.1, -0.05) is 19.3 Å². The average Bonchev–Trinajstić information content (AvgIpc) is 2.90. The van der Waals surface area contributed by atoms with Crippen LogP contribution in [0.25, 0.3) is 11.0 Å². The summed E-state index contributed by atoms with van der Waals surface area (Å²) in [6.45, 7) is 0.995. The highest BCUT2D eigenvalue weighted by Gasteiger charge is 2.14. The van der Waals surface area contributed by atoms with E-state index >= 15 is 0 Å². The molecule has 0 aromatic carbocycles. The van der Waals surface area contributed by atoms with Gasteiger partial charge in [-0.3, -0.25) is 0 Å². The first-order valence-corrected chi connectivity index (χ1v) is 6.98. The maximum Gasteiger partial charge on any atom is 0.140 e. The van der Waals surface area contributed by atoms with Crippen molar-refractivity contribution in [1.82, 2.24) is 9.97 Å². The van der Waals surface area contributed by atoms with Crippen LogP contribution in [-0.4, -0.2) is 16.5 Å². The zero-order valence-corrected chi connectivity index (χ0v) is 10.9. The number of rotatable bonds is 3. The van der Waals surface area contributed by atoms with E-state index in [1.807, 2.05) is 6.07 Å².